The highest BCUT2D eigenvalue weighted by molar-refractivity contribution is 6.33. The fraction of sp³-hybridized carbons (Fsp3) is 0. The lowest BCUT2D eigenvalue weighted by Gasteiger charge is -2.07. The molecule has 3 aromatic carbocycles. The van der Waals surface area contributed by atoms with Gasteiger partial charge in [-0.25, -0.2) is 10.2 Å². The Labute approximate surface area is 138 Å². The molecule has 0 aliphatic carbocycles. The fourth-order valence-corrected chi connectivity index (χ4v) is 2.41. The number of hydrazone groups is 1. The Morgan fingerprint density at radius 3 is 2.57 bits per heavy atom. The van der Waals surface area contributed by atoms with Crippen LogP contribution in [0.3, 0.4) is 0 Å². The molecule has 0 aromatic heterocycles. The Morgan fingerprint density at radius 1 is 0.957 bits per heavy atom. The molecule has 5 heteroatoms. The topological polar surface area (TPSA) is 53.5 Å². The molecular formula is C18H14ClN3O. The second-order valence-electron chi connectivity index (χ2n) is 4.87. The zero-order valence-electron chi connectivity index (χ0n) is 12.2. The third-order valence-corrected chi connectivity index (χ3v) is 3.66. The van der Waals surface area contributed by atoms with Gasteiger partial charge in [-0.05, 0) is 17.5 Å². The molecule has 0 aliphatic heterocycles. The van der Waals surface area contributed by atoms with Crippen LogP contribution < -0.4 is 10.7 Å². The molecule has 114 valence electrons. The van der Waals surface area contributed by atoms with Crippen molar-refractivity contribution in [1.82, 2.24) is 5.43 Å². The van der Waals surface area contributed by atoms with E-state index in [-0.39, 0.29) is 0 Å². The van der Waals surface area contributed by atoms with E-state index in [1.807, 2.05) is 60.7 Å². The maximum atomic E-state index is 12.0. The van der Waals surface area contributed by atoms with Crippen LogP contribution in [-0.2, 0) is 0 Å². The molecule has 0 saturated carbocycles. The first-order chi connectivity index (χ1) is 11.2. The quantitative estimate of drug-likeness (QED) is 0.535. The highest BCUT2D eigenvalue weighted by Gasteiger charge is 2.04. The number of nitrogens with zero attached hydrogens (tertiary/aromatic N) is 1. The van der Waals surface area contributed by atoms with Crippen molar-refractivity contribution in [2.75, 3.05) is 5.32 Å². The fourth-order valence-electron chi connectivity index (χ4n) is 2.22. The van der Waals surface area contributed by atoms with E-state index >= 15 is 0 Å². The number of hydrogen-bond donors (Lipinski definition) is 2. The summed E-state index contributed by atoms with van der Waals surface area (Å²) >= 11 is 6.02. The molecule has 0 heterocycles. The molecule has 0 radical (unpaired) electrons. The summed E-state index contributed by atoms with van der Waals surface area (Å²) in [6, 6.07) is 20.4. The lowest BCUT2D eigenvalue weighted by molar-refractivity contribution is 0.252. The van der Waals surface area contributed by atoms with Crippen molar-refractivity contribution in [3.63, 3.8) is 0 Å². The smallest absolute Gasteiger partial charge is 0.306 e. The summed E-state index contributed by atoms with van der Waals surface area (Å²) in [5, 5.41) is 9.31. The summed E-state index contributed by atoms with van der Waals surface area (Å²) in [4.78, 5) is 12.0. The summed E-state index contributed by atoms with van der Waals surface area (Å²) in [5.74, 6) is 0. The Bertz CT molecular complexity index is 872. The second kappa shape index (κ2) is 6.94. The van der Waals surface area contributed by atoms with Gasteiger partial charge >= 0.3 is 6.03 Å². The van der Waals surface area contributed by atoms with Gasteiger partial charge in [0, 0.05) is 16.0 Å². The Morgan fingerprint density at radius 2 is 1.70 bits per heavy atom. The van der Waals surface area contributed by atoms with Crippen molar-refractivity contribution in [1.29, 1.82) is 0 Å². The van der Waals surface area contributed by atoms with Crippen LogP contribution >= 0.6 is 11.6 Å². The third kappa shape index (κ3) is 3.67. The average molecular weight is 324 g/mol. The van der Waals surface area contributed by atoms with Gasteiger partial charge in [0.2, 0.25) is 0 Å². The van der Waals surface area contributed by atoms with E-state index in [1.54, 1.807) is 6.07 Å². The third-order valence-electron chi connectivity index (χ3n) is 3.31. The molecule has 2 N–H and O–H groups in total. The van der Waals surface area contributed by atoms with Crippen molar-refractivity contribution >= 4 is 40.3 Å². The van der Waals surface area contributed by atoms with Gasteiger partial charge in [0.1, 0.15) is 0 Å². The lowest BCUT2D eigenvalue weighted by atomic mass is 10.1. The number of benzene rings is 3. The first kappa shape index (κ1) is 15.1. The number of anilines is 1. The SMILES string of the molecule is O=C(N/N=C/c1ccccc1Cl)Nc1cccc2ccccc12. The zero-order chi connectivity index (χ0) is 16.1. The van der Waals surface area contributed by atoms with Crippen LogP contribution in [0.1, 0.15) is 5.56 Å². The van der Waals surface area contributed by atoms with Crippen LogP contribution in [0.4, 0.5) is 10.5 Å². The number of halogens is 1. The minimum Gasteiger partial charge on any atom is -0.306 e. The monoisotopic (exact) mass is 323 g/mol. The Kier molecular flexibility index (Phi) is 4.54. The van der Waals surface area contributed by atoms with E-state index in [0.29, 0.717) is 5.02 Å². The number of nitrogens with one attached hydrogen (secondary N) is 2. The normalized spacial score (nSPS) is 10.8. The first-order valence-corrected chi connectivity index (χ1v) is 7.44. The maximum absolute atomic E-state index is 12.0. The van der Waals surface area contributed by atoms with Gasteiger partial charge in [-0.2, -0.15) is 5.10 Å². The molecule has 0 atom stereocenters. The zero-order valence-corrected chi connectivity index (χ0v) is 12.9. The number of carbonyl (C=O) groups excluding carboxylic acids is 1. The molecule has 2 amide bonds. The van der Waals surface area contributed by atoms with E-state index < -0.39 is 6.03 Å². The van der Waals surface area contributed by atoms with Gasteiger partial charge in [-0.3, -0.25) is 0 Å². The van der Waals surface area contributed by atoms with Crippen molar-refractivity contribution in [2.45, 2.75) is 0 Å². The van der Waals surface area contributed by atoms with E-state index in [1.165, 1.54) is 6.21 Å². The van der Waals surface area contributed by atoms with Crippen LogP contribution in [0.5, 0.6) is 0 Å². The largest absolute Gasteiger partial charge is 0.339 e. The second-order valence-corrected chi connectivity index (χ2v) is 5.28. The molecule has 4 nitrogen and oxygen atoms in total. The standard InChI is InChI=1S/C18H14ClN3O/c19-16-10-4-2-7-14(16)12-20-22-18(23)21-17-11-5-8-13-6-1-3-9-15(13)17/h1-12H,(H2,21,22,23)/b20-12+. The predicted molar refractivity (Wildman–Crippen MR) is 95.1 cm³/mol. The van der Waals surface area contributed by atoms with Crippen molar-refractivity contribution in [3.05, 3.63) is 77.3 Å². The minimum absolute atomic E-state index is 0.412. The van der Waals surface area contributed by atoms with Gasteiger partial charge in [0.15, 0.2) is 0 Å². The highest BCUT2D eigenvalue weighted by atomic mass is 35.5. The first-order valence-electron chi connectivity index (χ1n) is 7.06. The number of amides is 2. The van der Waals surface area contributed by atoms with Crippen LogP contribution in [0.2, 0.25) is 5.02 Å². The number of fused-ring (bicyclic) bond motifs is 1. The molecule has 0 unspecified atom stereocenters. The van der Waals surface area contributed by atoms with Crippen molar-refractivity contribution < 1.29 is 4.79 Å². The van der Waals surface area contributed by atoms with Gasteiger partial charge in [0.25, 0.3) is 0 Å². The van der Waals surface area contributed by atoms with E-state index in [4.69, 9.17) is 11.6 Å². The van der Waals surface area contributed by atoms with Gasteiger partial charge in [-0.1, -0.05) is 66.2 Å². The van der Waals surface area contributed by atoms with Gasteiger partial charge < -0.3 is 5.32 Å². The molecule has 23 heavy (non-hydrogen) atoms. The maximum Gasteiger partial charge on any atom is 0.339 e. The van der Waals surface area contributed by atoms with Crippen LogP contribution in [0, 0.1) is 0 Å². The summed E-state index contributed by atoms with van der Waals surface area (Å²) in [5.41, 5.74) is 3.90. The minimum atomic E-state index is -0.412. The molecule has 0 aliphatic rings. The van der Waals surface area contributed by atoms with Crippen molar-refractivity contribution in [3.8, 4) is 0 Å². The lowest BCUT2D eigenvalue weighted by Crippen LogP contribution is -2.24. The summed E-state index contributed by atoms with van der Waals surface area (Å²) < 4.78 is 0. The molecule has 0 fully saturated rings. The molecular weight excluding hydrogens is 310 g/mol. The van der Waals surface area contributed by atoms with Gasteiger partial charge in [-0.15, -0.1) is 0 Å². The number of carbonyl (C=O) groups is 1. The van der Waals surface area contributed by atoms with Crippen LogP contribution in [-0.4, -0.2) is 12.2 Å². The number of hydrogen-bond acceptors (Lipinski definition) is 2. The summed E-state index contributed by atoms with van der Waals surface area (Å²) in [6.45, 7) is 0. The molecule has 0 saturated heterocycles. The van der Waals surface area contributed by atoms with E-state index in [0.717, 1.165) is 22.0 Å². The molecule has 0 spiro atoms. The highest BCUT2D eigenvalue weighted by Crippen LogP contribution is 2.22. The Hall–Kier alpha value is -2.85. The van der Waals surface area contributed by atoms with Crippen LogP contribution in [0.25, 0.3) is 10.8 Å². The number of urea groups is 1. The van der Waals surface area contributed by atoms with Gasteiger partial charge in [0.05, 0.1) is 11.9 Å². The average Bonchev–Trinajstić information content (AvgIpc) is 2.57. The molecule has 0 bridgehead atoms. The Balaban J connectivity index is 1.69. The van der Waals surface area contributed by atoms with E-state index in [9.17, 15) is 4.79 Å². The summed E-state index contributed by atoms with van der Waals surface area (Å²) in [7, 11) is 0. The molecule has 3 rings (SSSR count). The van der Waals surface area contributed by atoms with E-state index in [2.05, 4.69) is 15.8 Å². The van der Waals surface area contributed by atoms with Crippen LogP contribution in [0.15, 0.2) is 71.8 Å². The number of rotatable bonds is 3. The summed E-state index contributed by atoms with van der Waals surface area (Å²) in [6.07, 6.45) is 1.50. The molecule has 3 aromatic rings. The van der Waals surface area contributed by atoms with Crippen molar-refractivity contribution in [2.24, 2.45) is 5.10 Å². The predicted octanol–water partition coefficient (Wildman–Crippen LogP) is 4.65.